The van der Waals surface area contributed by atoms with Crippen LogP contribution < -0.4 is 10.2 Å². The Morgan fingerprint density at radius 1 is 1.24 bits per heavy atom. The highest BCUT2D eigenvalue weighted by atomic mass is 16.5. The Morgan fingerprint density at radius 2 is 2.00 bits per heavy atom. The van der Waals surface area contributed by atoms with Gasteiger partial charge >= 0.3 is 0 Å². The van der Waals surface area contributed by atoms with Crippen molar-refractivity contribution in [3.63, 3.8) is 0 Å². The second kappa shape index (κ2) is 9.65. The van der Waals surface area contributed by atoms with Crippen LogP contribution in [0.4, 0.5) is 5.69 Å². The summed E-state index contributed by atoms with van der Waals surface area (Å²) in [6.45, 7) is 5.83. The summed E-state index contributed by atoms with van der Waals surface area (Å²) in [5.74, 6) is 0.287. The Bertz CT molecular complexity index is 862. The number of nitrogens with one attached hydrogen (secondary N) is 1. The van der Waals surface area contributed by atoms with E-state index in [1.165, 1.54) is 5.56 Å². The third-order valence-electron chi connectivity index (χ3n) is 5.19. The lowest BCUT2D eigenvalue weighted by molar-refractivity contribution is -0.118. The number of aryl methyl sites for hydroxylation is 1. The van der Waals surface area contributed by atoms with Gasteiger partial charge in [-0.15, -0.1) is 0 Å². The summed E-state index contributed by atoms with van der Waals surface area (Å²) in [5, 5.41) is 2.80. The number of hydrogen-bond acceptors (Lipinski definition) is 4. The Hall–Kier alpha value is -2.73. The van der Waals surface area contributed by atoms with E-state index in [0.29, 0.717) is 37.6 Å². The first kappa shape index (κ1) is 21.0. The van der Waals surface area contributed by atoms with Gasteiger partial charge in [0.25, 0.3) is 5.91 Å². The van der Waals surface area contributed by atoms with Crippen molar-refractivity contribution < 1.29 is 14.3 Å². The quantitative estimate of drug-likeness (QED) is 0.732. The van der Waals surface area contributed by atoms with Crippen molar-refractivity contribution in [1.82, 2.24) is 10.3 Å². The first-order chi connectivity index (χ1) is 14.0. The summed E-state index contributed by atoms with van der Waals surface area (Å²) < 4.78 is 4.96. The molecule has 0 bridgehead atoms. The van der Waals surface area contributed by atoms with Gasteiger partial charge in [0.1, 0.15) is 0 Å². The standard InChI is InChI=1S/C23H29N3O3/c1-16(2)18-8-6-17(7-9-18)13-22(27)26-11-4-5-20-21(26)14-19(15-25-20)23(28)24-10-12-29-3/h6-9,14-16H,4-5,10-13H2,1-3H3,(H,24,28). The fraction of sp³-hybridized carbons (Fsp3) is 0.435. The molecule has 0 atom stereocenters. The molecule has 0 fully saturated rings. The number of anilines is 1. The molecule has 1 aromatic carbocycles. The maximum atomic E-state index is 13.0. The predicted octanol–water partition coefficient (Wildman–Crippen LogP) is 3.10. The van der Waals surface area contributed by atoms with Gasteiger partial charge in [-0.1, -0.05) is 38.1 Å². The van der Waals surface area contributed by atoms with Gasteiger partial charge < -0.3 is 15.0 Å². The van der Waals surface area contributed by atoms with E-state index < -0.39 is 0 Å². The average molecular weight is 396 g/mol. The van der Waals surface area contributed by atoms with Gasteiger partial charge in [-0.05, 0) is 36.0 Å². The van der Waals surface area contributed by atoms with Crippen LogP contribution in [0.5, 0.6) is 0 Å². The molecular formula is C23H29N3O3. The minimum atomic E-state index is -0.209. The van der Waals surface area contributed by atoms with Gasteiger partial charge in [0, 0.05) is 26.4 Å². The molecule has 2 amide bonds. The van der Waals surface area contributed by atoms with Crippen LogP contribution in [-0.2, 0) is 22.4 Å². The summed E-state index contributed by atoms with van der Waals surface area (Å²) in [5.41, 5.74) is 4.33. The van der Waals surface area contributed by atoms with E-state index >= 15 is 0 Å². The van der Waals surface area contributed by atoms with Crippen LogP contribution in [-0.4, -0.2) is 43.6 Å². The molecule has 154 valence electrons. The van der Waals surface area contributed by atoms with Crippen molar-refractivity contribution in [3.8, 4) is 0 Å². The second-order valence-electron chi connectivity index (χ2n) is 7.66. The second-order valence-corrected chi connectivity index (χ2v) is 7.66. The zero-order valence-corrected chi connectivity index (χ0v) is 17.4. The summed E-state index contributed by atoms with van der Waals surface area (Å²) in [7, 11) is 1.59. The van der Waals surface area contributed by atoms with Crippen LogP contribution in [0, 0.1) is 0 Å². The number of amides is 2. The molecule has 0 aliphatic carbocycles. The lowest BCUT2D eigenvalue weighted by Crippen LogP contribution is -2.37. The average Bonchev–Trinajstić information content (AvgIpc) is 2.73. The van der Waals surface area contributed by atoms with Crippen LogP contribution in [0.3, 0.4) is 0 Å². The van der Waals surface area contributed by atoms with Gasteiger partial charge in [0.15, 0.2) is 0 Å². The maximum absolute atomic E-state index is 13.0. The molecule has 1 N–H and O–H groups in total. The van der Waals surface area contributed by atoms with Gasteiger partial charge in [-0.2, -0.15) is 0 Å². The molecule has 2 heterocycles. The zero-order valence-electron chi connectivity index (χ0n) is 17.4. The van der Waals surface area contributed by atoms with Crippen LogP contribution in [0.15, 0.2) is 36.5 Å². The Balaban J connectivity index is 1.75. The topological polar surface area (TPSA) is 71.5 Å². The normalized spacial score (nSPS) is 13.3. The van der Waals surface area contributed by atoms with E-state index in [2.05, 4.69) is 36.3 Å². The van der Waals surface area contributed by atoms with E-state index in [1.54, 1.807) is 24.3 Å². The zero-order chi connectivity index (χ0) is 20.8. The number of methoxy groups -OCH3 is 1. The number of aromatic nitrogens is 1. The fourth-order valence-electron chi connectivity index (χ4n) is 3.48. The SMILES string of the molecule is COCCNC(=O)c1cnc2c(c1)N(C(=O)Cc1ccc(C(C)C)cc1)CCC2. The number of hydrogen-bond donors (Lipinski definition) is 1. The number of nitrogens with zero attached hydrogens (tertiary/aromatic N) is 2. The number of carbonyl (C=O) groups excluding carboxylic acids is 2. The first-order valence-corrected chi connectivity index (χ1v) is 10.1. The number of rotatable bonds is 7. The molecule has 3 rings (SSSR count). The van der Waals surface area contributed by atoms with Crippen molar-refractivity contribution in [3.05, 3.63) is 58.9 Å². The van der Waals surface area contributed by atoms with E-state index in [1.807, 2.05) is 12.1 Å². The predicted molar refractivity (Wildman–Crippen MR) is 113 cm³/mol. The number of pyridine rings is 1. The molecular weight excluding hydrogens is 366 g/mol. The minimum absolute atomic E-state index is 0.0296. The molecule has 2 aromatic rings. The van der Waals surface area contributed by atoms with E-state index in [4.69, 9.17) is 4.74 Å². The van der Waals surface area contributed by atoms with Crippen molar-refractivity contribution in [2.75, 3.05) is 31.7 Å². The van der Waals surface area contributed by atoms with E-state index in [9.17, 15) is 9.59 Å². The Labute approximate surface area is 172 Å². The van der Waals surface area contributed by atoms with E-state index in [0.717, 1.165) is 29.8 Å². The molecule has 6 nitrogen and oxygen atoms in total. The van der Waals surface area contributed by atoms with Crippen molar-refractivity contribution in [1.29, 1.82) is 0 Å². The highest BCUT2D eigenvalue weighted by Gasteiger charge is 2.25. The number of fused-ring (bicyclic) bond motifs is 1. The third kappa shape index (κ3) is 5.21. The maximum Gasteiger partial charge on any atom is 0.253 e. The summed E-state index contributed by atoms with van der Waals surface area (Å²) in [6.07, 6.45) is 3.60. The summed E-state index contributed by atoms with van der Waals surface area (Å²) in [6, 6.07) is 10.00. The highest BCUT2D eigenvalue weighted by molar-refractivity contribution is 5.99. The van der Waals surface area contributed by atoms with Crippen LogP contribution >= 0.6 is 0 Å². The number of ether oxygens (including phenoxy) is 1. The minimum Gasteiger partial charge on any atom is -0.383 e. The van der Waals surface area contributed by atoms with Gasteiger partial charge in [0.05, 0.1) is 30.0 Å². The van der Waals surface area contributed by atoms with Crippen LogP contribution in [0.1, 0.15) is 53.4 Å². The fourth-order valence-corrected chi connectivity index (χ4v) is 3.48. The largest absolute Gasteiger partial charge is 0.383 e. The van der Waals surface area contributed by atoms with Crippen LogP contribution in [0.25, 0.3) is 0 Å². The molecule has 0 spiro atoms. The summed E-state index contributed by atoms with van der Waals surface area (Å²) in [4.78, 5) is 31.6. The van der Waals surface area contributed by atoms with Gasteiger partial charge in [-0.3, -0.25) is 14.6 Å². The molecule has 0 saturated carbocycles. The summed E-state index contributed by atoms with van der Waals surface area (Å²) >= 11 is 0. The van der Waals surface area contributed by atoms with Gasteiger partial charge in [-0.25, -0.2) is 0 Å². The van der Waals surface area contributed by atoms with Crippen molar-refractivity contribution in [2.24, 2.45) is 0 Å². The monoisotopic (exact) mass is 395 g/mol. The number of carbonyl (C=O) groups is 2. The molecule has 0 saturated heterocycles. The Morgan fingerprint density at radius 3 is 2.69 bits per heavy atom. The molecule has 1 aromatic heterocycles. The van der Waals surface area contributed by atoms with Crippen molar-refractivity contribution in [2.45, 2.75) is 39.0 Å². The third-order valence-corrected chi connectivity index (χ3v) is 5.19. The lowest BCUT2D eigenvalue weighted by atomic mass is 10.00. The molecule has 1 aliphatic rings. The highest BCUT2D eigenvalue weighted by Crippen LogP contribution is 2.27. The molecule has 0 unspecified atom stereocenters. The van der Waals surface area contributed by atoms with E-state index in [-0.39, 0.29) is 11.8 Å². The van der Waals surface area contributed by atoms with Crippen molar-refractivity contribution >= 4 is 17.5 Å². The number of benzene rings is 1. The molecule has 1 aliphatic heterocycles. The lowest BCUT2D eigenvalue weighted by Gasteiger charge is -2.29. The van der Waals surface area contributed by atoms with Gasteiger partial charge in [0.2, 0.25) is 5.91 Å². The molecule has 29 heavy (non-hydrogen) atoms. The van der Waals surface area contributed by atoms with Crippen LogP contribution in [0.2, 0.25) is 0 Å². The first-order valence-electron chi connectivity index (χ1n) is 10.1. The smallest absolute Gasteiger partial charge is 0.253 e. The molecule has 6 heteroatoms. The Kier molecular flexibility index (Phi) is 6.99. The molecule has 0 radical (unpaired) electrons.